The van der Waals surface area contributed by atoms with Gasteiger partial charge >= 0.3 is 0 Å². The molecule has 0 saturated carbocycles. The first-order valence-electron chi connectivity index (χ1n) is 7.95. The molecule has 3 aromatic heterocycles. The molecule has 4 aromatic rings. The van der Waals surface area contributed by atoms with E-state index in [0.29, 0.717) is 5.56 Å². The van der Waals surface area contributed by atoms with Crippen molar-refractivity contribution < 1.29 is 9.18 Å². The number of carbonyl (C=O) groups is 1. The number of rotatable bonds is 4. The van der Waals surface area contributed by atoms with Crippen molar-refractivity contribution in [2.45, 2.75) is 6.54 Å². The molecular formula is C19H14ClFN4O. The molecule has 7 heteroatoms. The van der Waals surface area contributed by atoms with Gasteiger partial charge in [0.25, 0.3) is 5.91 Å². The minimum absolute atomic E-state index is 0.0144. The van der Waals surface area contributed by atoms with Crippen LogP contribution in [0.1, 0.15) is 15.9 Å². The van der Waals surface area contributed by atoms with E-state index in [9.17, 15) is 9.18 Å². The Morgan fingerprint density at radius 3 is 3.00 bits per heavy atom. The second kappa shape index (κ2) is 6.65. The van der Waals surface area contributed by atoms with Crippen LogP contribution in [0.3, 0.4) is 0 Å². The lowest BCUT2D eigenvalue weighted by molar-refractivity contribution is 0.0951. The number of halogens is 2. The summed E-state index contributed by atoms with van der Waals surface area (Å²) in [6.07, 6.45) is 5.25. The first-order valence-corrected chi connectivity index (χ1v) is 8.33. The summed E-state index contributed by atoms with van der Waals surface area (Å²) in [7, 11) is 0. The standard InChI is InChI=1S/C19H14ClFN4O/c20-14-4-3-5-15(21)13(14)10-24-19(26)12-8-16(22-9-12)17-11-23-18-6-1-2-7-25(17)18/h1-9,11,22H,10H2,(H,24,26). The van der Waals surface area contributed by atoms with Crippen LogP contribution in [0.25, 0.3) is 17.0 Å². The van der Waals surface area contributed by atoms with Gasteiger partial charge in [-0.3, -0.25) is 9.20 Å². The Bertz CT molecular complexity index is 1080. The topological polar surface area (TPSA) is 62.2 Å². The molecule has 1 amide bonds. The maximum absolute atomic E-state index is 13.8. The van der Waals surface area contributed by atoms with E-state index in [1.807, 2.05) is 28.8 Å². The molecule has 2 N–H and O–H groups in total. The first kappa shape index (κ1) is 16.4. The van der Waals surface area contributed by atoms with E-state index in [2.05, 4.69) is 15.3 Å². The van der Waals surface area contributed by atoms with Crippen LogP contribution in [0, 0.1) is 5.82 Å². The molecule has 0 bridgehead atoms. The van der Waals surface area contributed by atoms with E-state index in [-0.39, 0.29) is 23.0 Å². The predicted molar refractivity (Wildman–Crippen MR) is 97.6 cm³/mol. The number of amides is 1. The summed E-state index contributed by atoms with van der Waals surface area (Å²) in [6.45, 7) is 0.0144. The zero-order chi connectivity index (χ0) is 18.1. The quantitative estimate of drug-likeness (QED) is 0.570. The Hall–Kier alpha value is -3.12. The molecule has 0 aliphatic heterocycles. The molecule has 5 nitrogen and oxygen atoms in total. The summed E-state index contributed by atoms with van der Waals surface area (Å²) >= 11 is 5.98. The zero-order valence-electron chi connectivity index (χ0n) is 13.5. The fourth-order valence-corrected chi connectivity index (χ4v) is 3.01. The molecule has 26 heavy (non-hydrogen) atoms. The molecular weight excluding hydrogens is 355 g/mol. The van der Waals surface area contributed by atoms with E-state index in [1.54, 1.807) is 24.5 Å². The summed E-state index contributed by atoms with van der Waals surface area (Å²) in [6, 6.07) is 11.9. The number of aromatic nitrogens is 3. The monoisotopic (exact) mass is 368 g/mol. The van der Waals surface area contributed by atoms with Crippen LogP contribution in [0.4, 0.5) is 4.39 Å². The van der Waals surface area contributed by atoms with Gasteiger partial charge in [-0.05, 0) is 30.3 Å². The second-order valence-corrected chi connectivity index (χ2v) is 6.16. The van der Waals surface area contributed by atoms with Gasteiger partial charge in [0.05, 0.1) is 23.1 Å². The molecule has 4 rings (SSSR count). The highest BCUT2D eigenvalue weighted by Crippen LogP contribution is 2.21. The van der Waals surface area contributed by atoms with Gasteiger partial charge in [0.1, 0.15) is 11.5 Å². The Kier molecular flexibility index (Phi) is 4.18. The molecule has 0 radical (unpaired) electrons. The van der Waals surface area contributed by atoms with Gasteiger partial charge in [0.15, 0.2) is 0 Å². The van der Waals surface area contributed by atoms with Crippen LogP contribution in [0.2, 0.25) is 5.02 Å². The van der Waals surface area contributed by atoms with E-state index >= 15 is 0 Å². The number of aromatic amines is 1. The van der Waals surface area contributed by atoms with E-state index in [0.717, 1.165) is 17.0 Å². The smallest absolute Gasteiger partial charge is 0.253 e. The predicted octanol–water partition coefficient (Wildman–Crippen LogP) is 4.05. The Morgan fingerprint density at radius 2 is 2.15 bits per heavy atom. The van der Waals surface area contributed by atoms with Gasteiger partial charge in [0, 0.05) is 29.5 Å². The SMILES string of the molecule is O=C(NCc1c(F)cccc1Cl)c1c[nH]c(-c2cnc3ccccn23)c1. The second-order valence-electron chi connectivity index (χ2n) is 5.76. The summed E-state index contributed by atoms with van der Waals surface area (Å²) in [5, 5.41) is 2.97. The van der Waals surface area contributed by atoms with Gasteiger partial charge in [-0.2, -0.15) is 0 Å². The van der Waals surface area contributed by atoms with Crippen LogP contribution in [-0.2, 0) is 6.54 Å². The van der Waals surface area contributed by atoms with Crippen LogP contribution in [-0.4, -0.2) is 20.3 Å². The fourth-order valence-electron chi connectivity index (χ4n) is 2.78. The van der Waals surface area contributed by atoms with Gasteiger partial charge in [-0.1, -0.05) is 23.7 Å². The number of fused-ring (bicyclic) bond motifs is 1. The van der Waals surface area contributed by atoms with Crippen molar-refractivity contribution in [2.75, 3.05) is 0 Å². The minimum Gasteiger partial charge on any atom is -0.359 e. The van der Waals surface area contributed by atoms with Crippen molar-refractivity contribution in [1.29, 1.82) is 0 Å². The highest BCUT2D eigenvalue weighted by molar-refractivity contribution is 6.31. The molecule has 3 heterocycles. The number of nitrogens with one attached hydrogen (secondary N) is 2. The van der Waals surface area contributed by atoms with Crippen molar-refractivity contribution in [2.24, 2.45) is 0 Å². The largest absolute Gasteiger partial charge is 0.359 e. The molecule has 0 spiro atoms. The average Bonchev–Trinajstić information content (AvgIpc) is 3.28. The van der Waals surface area contributed by atoms with Crippen molar-refractivity contribution in [1.82, 2.24) is 19.7 Å². The normalized spacial score (nSPS) is 11.0. The van der Waals surface area contributed by atoms with Crippen LogP contribution < -0.4 is 5.32 Å². The van der Waals surface area contributed by atoms with E-state index in [1.165, 1.54) is 12.1 Å². The Balaban J connectivity index is 1.53. The molecule has 0 fully saturated rings. The highest BCUT2D eigenvalue weighted by Gasteiger charge is 2.14. The lowest BCUT2D eigenvalue weighted by Gasteiger charge is -2.07. The molecule has 0 atom stereocenters. The molecule has 0 saturated heterocycles. The van der Waals surface area contributed by atoms with Crippen molar-refractivity contribution in [3.05, 3.63) is 83.0 Å². The van der Waals surface area contributed by atoms with E-state index in [4.69, 9.17) is 11.6 Å². The minimum atomic E-state index is -0.446. The third-order valence-corrected chi connectivity index (χ3v) is 4.48. The number of nitrogens with zero attached hydrogens (tertiary/aromatic N) is 2. The van der Waals surface area contributed by atoms with E-state index < -0.39 is 5.82 Å². The number of H-pyrrole nitrogens is 1. The zero-order valence-corrected chi connectivity index (χ0v) is 14.3. The van der Waals surface area contributed by atoms with Crippen LogP contribution in [0.15, 0.2) is 61.1 Å². The lowest BCUT2D eigenvalue weighted by atomic mass is 10.2. The summed E-state index contributed by atoms with van der Waals surface area (Å²) in [5.74, 6) is -0.765. The highest BCUT2D eigenvalue weighted by atomic mass is 35.5. The first-order chi connectivity index (χ1) is 12.6. The van der Waals surface area contributed by atoms with Crippen molar-refractivity contribution >= 4 is 23.2 Å². The van der Waals surface area contributed by atoms with Gasteiger partial charge in [-0.15, -0.1) is 0 Å². The molecule has 0 aliphatic rings. The number of pyridine rings is 1. The maximum Gasteiger partial charge on any atom is 0.253 e. The molecule has 1 aromatic carbocycles. The number of carbonyl (C=O) groups excluding carboxylic acids is 1. The van der Waals surface area contributed by atoms with Gasteiger partial charge < -0.3 is 10.3 Å². The number of hydrogen-bond donors (Lipinski definition) is 2. The third kappa shape index (κ3) is 2.95. The van der Waals surface area contributed by atoms with Crippen LogP contribution >= 0.6 is 11.6 Å². The van der Waals surface area contributed by atoms with Crippen LogP contribution in [0.5, 0.6) is 0 Å². The molecule has 0 unspecified atom stereocenters. The summed E-state index contributed by atoms with van der Waals surface area (Å²) in [5.41, 5.74) is 3.13. The lowest BCUT2D eigenvalue weighted by Crippen LogP contribution is -2.23. The summed E-state index contributed by atoms with van der Waals surface area (Å²) in [4.78, 5) is 19.8. The molecule has 0 aliphatic carbocycles. The molecule has 130 valence electrons. The van der Waals surface area contributed by atoms with Crippen molar-refractivity contribution in [3.63, 3.8) is 0 Å². The number of benzene rings is 1. The van der Waals surface area contributed by atoms with Gasteiger partial charge in [0.2, 0.25) is 0 Å². The number of imidazole rings is 1. The summed E-state index contributed by atoms with van der Waals surface area (Å²) < 4.78 is 15.7. The Morgan fingerprint density at radius 1 is 1.27 bits per heavy atom. The fraction of sp³-hybridized carbons (Fsp3) is 0.0526. The third-order valence-electron chi connectivity index (χ3n) is 4.13. The van der Waals surface area contributed by atoms with Gasteiger partial charge in [-0.25, -0.2) is 9.37 Å². The van der Waals surface area contributed by atoms with Crippen molar-refractivity contribution in [3.8, 4) is 11.4 Å². The Labute approximate surface area is 153 Å². The number of hydrogen-bond acceptors (Lipinski definition) is 2. The maximum atomic E-state index is 13.8. The average molecular weight is 369 g/mol.